The van der Waals surface area contributed by atoms with E-state index in [1.807, 2.05) is 0 Å². The van der Waals surface area contributed by atoms with Crippen LogP contribution in [0.25, 0.3) is 0 Å². The SMILES string of the molecule is CC(C)S(=O)(=O)CCCS(=O)(=O)Cc1nc(Cc2ccc(F)cc2)no1. The van der Waals surface area contributed by atoms with Crippen LogP contribution in [-0.4, -0.2) is 43.7 Å². The highest BCUT2D eigenvalue weighted by molar-refractivity contribution is 7.92. The van der Waals surface area contributed by atoms with Crippen molar-refractivity contribution in [3.63, 3.8) is 0 Å². The van der Waals surface area contributed by atoms with Gasteiger partial charge in [0.2, 0.25) is 5.89 Å². The molecule has 2 aromatic rings. The summed E-state index contributed by atoms with van der Waals surface area (Å²) in [5, 5.41) is 3.19. The van der Waals surface area contributed by atoms with Crippen LogP contribution in [0, 0.1) is 5.82 Å². The Morgan fingerprint density at radius 1 is 1.08 bits per heavy atom. The molecule has 10 heteroatoms. The van der Waals surface area contributed by atoms with Crippen molar-refractivity contribution in [2.75, 3.05) is 11.5 Å². The van der Waals surface area contributed by atoms with E-state index in [-0.39, 0.29) is 36.1 Å². The second-order valence-corrected chi connectivity index (χ2v) is 11.1. The fraction of sp³-hybridized carbons (Fsp3) is 0.500. The van der Waals surface area contributed by atoms with Gasteiger partial charge in [-0.25, -0.2) is 21.2 Å². The molecule has 1 heterocycles. The quantitative estimate of drug-likeness (QED) is 0.628. The van der Waals surface area contributed by atoms with Crippen molar-refractivity contribution in [2.24, 2.45) is 0 Å². The van der Waals surface area contributed by atoms with E-state index in [2.05, 4.69) is 10.1 Å². The molecule has 144 valence electrons. The third-order valence-electron chi connectivity index (χ3n) is 3.73. The van der Waals surface area contributed by atoms with E-state index in [9.17, 15) is 21.2 Å². The highest BCUT2D eigenvalue weighted by atomic mass is 32.2. The molecule has 0 atom stereocenters. The third kappa shape index (κ3) is 6.17. The van der Waals surface area contributed by atoms with Crippen molar-refractivity contribution < 1.29 is 25.7 Å². The van der Waals surface area contributed by atoms with Crippen LogP contribution in [0.5, 0.6) is 0 Å². The first-order chi connectivity index (χ1) is 12.1. The molecular weight excluding hydrogens is 383 g/mol. The van der Waals surface area contributed by atoms with Crippen LogP contribution in [0.2, 0.25) is 0 Å². The Hall–Kier alpha value is -1.81. The topological polar surface area (TPSA) is 107 Å². The highest BCUT2D eigenvalue weighted by Crippen LogP contribution is 2.11. The molecule has 0 spiro atoms. The monoisotopic (exact) mass is 404 g/mol. The first-order valence-electron chi connectivity index (χ1n) is 8.05. The van der Waals surface area contributed by atoms with Gasteiger partial charge in [0.25, 0.3) is 0 Å². The normalized spacial score (nSPS) is 12.6. The van der Waals surface area contributed by atoms with E-state index in [0.29, 0.717) is 5.82 Å². The molecule has 0 N–H and O–H groups in total. The molecule has 0 saturated carbocycles. The molecule has 0 aliphatic carbocycles. The summed E-state index contributed by atoms with van der Waals surface area (Å²) in [7, 11) is -6.83. The average molecular weight is 404 g/mol. The summed E-state index contributed by atoms with van der Waals surface area (Å²) >= 11 is 0. The van der Waals surface area contributed by atoms with E-state index in [0.717, 1.165) is 5.56 Å². The predicted molar refractivity (Wildman–Crippen MR) is 94.5 cm³/mol. The Morgan fingerprint density at radius 3 is 2.35 bits per heavy atom. The summed E-state index contributed by atoms with van der Waals surface area (Å²) in [5.41, 5.74) is 0.764. The van der Waals surface area contributed by atoms with E-state index in [4.69, 9.17) is 4.52 Å². The Labute approximate surface area is 152 Å². The van der Waals surface area contributed by atoms with E-state index >= 15 is 0 Å². The zero-order valence-electron chi connectivity index (χ0n) is 14.6. The van der Waals surface area contributed by atoms with Gasteiger partial charge in [-0.1, -0.05) is 17.3 Å². The summed E-state index contributed by atoms with van der Waals surface area (Å²) in [6.45, 7) is 3.12. The minimum absolute atomic E-state index is 0.0272. The second-order valence-electron chi connectivity index (χ2n) is 6.27. The average Bonchev–Trinajstić information content (AvgIpc) is 2.95. The maximum Gasteiger partial charge on any atom is 0.241 e. The van der Waals surface area contributed by atoms with Gasteiger partial charge in [-0.05, 0) is 38.0 Å². The van der Waals surface area contributed by atoms with Crippen molar-refractivity contribution in [1.29, 1.82) is 0 Å². The fourth-order valence-corrected chi connectivity index (χ4v) is 4.60. The second kappa shape index (κ2) is 8.26. The van der Waals surface area contributed by atoms with Gasteiger partial charge >= 0.3 is 0 Å². The molecule has 1 aromatic heterocycles. The van der Waals surface area contributed by atoms with Gasteiger partial charge in [-0.15, -0.1) is 0 Å². The van der Waals surface area contributed by atoms with E-state index in [1.165, 1.54) is 12.1 Å². The molecule has 0 radical (unpaired) electrons. The Balaban J connectivity index is 1.91. The molecular formula is C16H21FN2O5S2. The fourth-order valence-electron chi connectivity index (χ4n) is 2.18. The van der Waals surface area contributed by atoms with Gasteiger partial charge < -0.3 is 4.52 Å². The number of aromatic nitrogens is 2. The van der Waals surface area contributed by atoms with Gasteiger partial charge in [0, 0.05) is 6.42 Å². The van der Waals surface area contributed by atoms with Crippen molar-refractivity contribution in [3.8, 4) is 0 Å². The van der Waals surface area contributed by atoms with Crippen molar-refractivity contribution >= 4 is 19.7 Å². The number of hydrogen-bond acceptors (Lipinski definition) is 7. The smallest absolute Gasteiger partial charge is 0.241 e. The van der Waals surface area contributed by atoms with Crippen LogP contribution in [0.15, 0.2) is 28.8 Å². The standard InChI is InChI=1S/C16H21FN2O5S2/c1-12(2)26(22,23)9-3-8-25(20,21)11-16-18-15(19-24-16)10-13-4-6-14(17)7-5-13/h4-7,12H,3,8-11H2,1-2H3. The minimum Gasteiger partial charge on any atom is -0.338 e. The molecule has 0 amide bonds. The van der Waals surface area contributed by atoms with Crippen molar-refractivity contribution in [3.05, 3.63) is 47.4 Å². The summed E-state index contributed by atoms with van der Waals surface area (Å²) < 4.78 is 65.4. The Kier molecular flexibility index (Phi) is 6.51. The molecule has 0 unspecified atom stereocenters. The zero-order valence-corrected chi connectivity index (χ0v) is 16.2. The van der Waals surface area contributed by atoms with Crippen LogP contribution in [-0.2, 0) is 31.8 Å². The number of sulfone groups is 2. The third-order valence-corrected chi connectivity index (χ3v) is 7.62. The molecule has 0 saturated heterocycles. The molecule has 2 rings (SSSR count). The lowest BCUT2D eigenvalue weighted by Gasteiger charge is -2.07. The van der Waals surface area contributed by atoms with E-state index < -0.39 is 30.7 Å². The van der Waals surface area contributed by atoms with Crippen LogP contribution >= 0.6 is 0 Å². The predicted octanol–water partition coefficient (Wildman–Crippen LogP) is 1.93. The van der Waals surface area contributed by atoms with Gasteiger partial charge in [-0.2, -0.15) is 4.98 Å². The summed E-state index contributed by atoms with van der Waals surface area (Å²) in [6.07, 6.45) is 0.315. The van der Waals surface area contributed by atoms with Crippen LogP contribution < -0.4 is 0 Å². The zero-order chi connectivity index (χ0) is 19.4. The molecule has 0 aliphatic rings. The maximum absolute atomic E-state index is 12.9. The van der Waals surface area contributed by atoms with Crippen LogP contribution in [0.1, 0.15) is 37.5 Å². The number of benzene rings is 1. The van der Waals surface area contributed by atoms with Crippen LogP contribution in [0.3, 0.4) is 0 Å². The lowest BCUT2D eigenvalue weighted by atomic mass is 10.1. The minimum atomic E-state index is -3.56. The summed E-state index contributed by atoms with van der Waals surface area (Å²) in [5.74, 6) is -0.991. The highest BCUT2D eigenvalue weighted by Gasteiger charge is 2.21. The molecule has 1 aromatic carbocycles. The van der Waals surface area contributed by atoms with Gasteiger partial charge in [-0.3, -0.25) is 0 Å². The molecule has 0 bridgehead atoms. The largest absolute Gasteiger partial charge is 0.338 e. The van der Waals surface area contributed by atoms with E-state index in [1.54, 1.807) is 26.0 Å². The number of halogens is 1. The molecule has 0 fully saturated rings. The molecule has 7 nitrogen and oxygen atoms in total. The first kappa shape index (κ1) is 20.5. The van der Waals surface area contributed by atoms with Gasteiger partial charge in [0.1, 0.15) is 11.6 Å². The van der Waals surface area contributed by atoms with Gasteiger partial charge in [0.05, 0.1) is 16.8 Å². The number of rotatable bonds is 9. The lowest BCUT2D eigenvalue weighted by Crippen LogP contribution is -2.20. The van der Waals surface area contributed by atoms with Gasteiger partial charge in [0.15, 0.2) is 25.5 Å². The Morgan fingerprint density at radius 2 is 1.73 bits per heavy atom. The Bertz CT molecular complexity index is 935. The summed E-state index contributed by atoms with van der Waals surface area (Å²) in [6, 6.07) is 5.78. The lowest BCUT2D eigenvalue weighted by molar-refractivity contribution is 0.383. The maximum atomic E-state index is 12.9. The number of hydrogen-bond donors (Lipinski definition) is 0. The molecule has 26 heavy (non-hydrogen) atoms. The van der Waals surface area contributed by atoms with Crippen LogP contribution in [0.4, 0.5) is 4.39 Å². The number of nitrogens with zero attached hydrogens (tertiary/aromatic N) is 2. The first-order valence-corrected chi connectivity index (χ1v) is 11.6. The molecule has 0 aliphatic heterocycles. The van der Waals surface area contributed by atoms with Crippen molar-refractivity contribution in [2.45, 2.75) is 37.7 Å². The van der Waals surface area contributed by atoms with Crippen molar-refractivity contribution in [1.82, 2.24) is 10.1 Å². The summed E-state index contributed by atoms with van der Waals surface area (Å²) in [4.78, 5) is 4.03.